The molecule has 1 aromatic rings. The first-order chi connectivity index (χ1) is 9.61. The number of benzene rings is 1. The summed E-state index contributed by atoms with van der Waals surface area (Å²) in [6, 6.07) is 6.47. The van der Waals surface area contributed by atoms with Crippen LogP contribution < -0.4 is 16.0 Å². The molecule has 1 saturated heterocycles. The molecule has 1 aliphatic heterocycles. The van der Waals surface area contributed by atoms with Crippen LogP contribution in [0.15, 0.2) is 22.7 Å². The quantitative estimate of drug-likeness (QED) is 0.864. The van der Waals surface area contributed by atoms with Crippen LogP contribution in [0.1, 0.15) is 25.3 Å². The van der Waals surface area contributed by atoms with Gasteiger partial charge in [0.15, 0.2) is 0 Å². The first-order valence-electron chi connectivity index (χ1n) is 7.15. The molecule has 0 aliphatic carbocycles. The van der Waals surface area contributed by atoms with Crippen molar-refractivity contribution < 1.29 is 4.79 Å². The third-order valence-electron chi connectivity index (χ3n) is 3.86. The van der Waals surface area contributed by atoms with Gasteiger partial charge in [-0.25, -0.2) is 0 Å². The fourth-order valence-electron chi connectivity index (χ4n) is 2.56. The zero-order valence-electron chi connectivity index (χ0n) is 11.9. The van der Waals surface area contributed by atoms with Gasteiger partial charge in [-0.15, -0.1) is 0 Å². The van der Waals surface area contributed by atoms with Gasteiger partial charge in [0, 0.05) is 35.7 Å². The molecule has 1 fully saturated rings. The summed E-state index contributed by atoms with van der Waals surface area (Å²) in [6.45, 7) is 5.74. The Kier molecular flexibility index (Phi) is 5.43. The highest BCUT2D eigenvalue weighted by molar-refractivity contribution is 9.10. The van der Waals surface area contributed by atoms with Gasteiger partial charge in [0.05, 0.1) is 0 Å². The van der Waals surface area contributed by atoms with Crippen LogP contribution in [0.3, 0.4) is 0 Å². The molecule has 3 N–H and O–H groups in total. The van der Waals surface area contributed by atoms with Crippen molar-refractivity contribution in [1.29, 1.82) is 0 Å². The van der Waals surface area contributed by atoms with Crippen molar-refractivity contribution in [2.45, 2.75) is 26.3 Å². The third kappa shape index (κ3) is 3.73. The Labute approximate surface area is 128 Å². The van der Waals surface area contributed by atoms with E-state index in [0.717, 1.165) is 43.5 Å². The highest BCUT2D eigenvalue weighted by Crippen LogP contribution is 2.27. The fourth-order valence-corrected chi connectivity index (χ4v) is 3.07. The first kappa shape index (κ1) is 15.3. The van der Waals surface area contributed by atoms with E-state index >= 15 is 0 Å². The Morgan fingerprint density at radius 3 is 2.70 bits per heavy atom. The lowest BCUT2D eigenvalue weighted by atomic mass is 9.96. The van der Waals surface area contributed by atoms with E-state index in [-0.39, 0.29) is 11.8 Å². The van der Waals surface area contributed by atoms with E-state index in [0.29, 0.717) is 0 Å². The molecule has 0 atom stereocenters. The number of piperidine rings is 1. The highest BCUT2D eigenvalue weighted by Gasteiger charge is 2.23. The van der Waals surface area contributed by atoms with Crippen molar-refractivity contribution in [1.82, 2.24) is 5.32 Å². The van der Waals surface area contributed by atoms with Crippen molar-refractivity contribution in [2.24, 2.45) is 11.7 Å². The van der Waals surface area contributed by atoms with Gasteiger partial charge in [0.25, 0.3) is 0 Å². The fraction of sp³-hybridized carbons (Fsp3) is 0.533. The van der Waals surface area contributed by atoms with Crippen LogP contribution in [0, 0.1) is 5.92 Å². The number of rotatable bonds is 5. The van der Waals surface area contributed by atoms with Gasteiger partial charge in [-0.2, -0.15) is 0 Å². The number of nitrogens with two attached hydrogens (primary N) is 1. The van der Waals surface area contributed by atoms with Gasteiger partial charge in [-0.3, -0.25) is 4.79 Å². The summed E-state index contributed by atoms with van der Waals surface area (Å²) >= 11 is 3.64. The van der Waals surface area contributed by atoms with E-state index in [4.69, 9.17) is 5.73 Å². The molecule has 0 aromatic heterocycles. The summed E-state index contributed by atoms with van der Waals surface area (Å²) in [4.78, 5) is 13.5. The molecule has 110 valence electrons. The molecule has 5 heteroatoms. The van der Waals surface area contributed by atoms with Gasteiger partial charge >= 0.3 is 0 Å². The summed E-state index contributed by atoms with van der Waals surface area (Å²) in [5, 5.41) is 3.33. The largest absolute Gasteiger partial charge is 0.371 e. The molecule has 0 spiro atoms. The van der Waals surface area contributed by atoms with Gasteiger partial charge < -0.3 is 16.0 Å². The summed E-state index contributed by atoms with van der Waals surface area (Å²) in [5.41, 5.74) is 7.84. The van der Waals surface area contributed by atoms with Crippen LogP contribution in [0.2, 0.25) is 0 Å². The van der Waals surface area contributed by atoms with Crippen LogP contribution in [0.5, 0.6) is 0 Å². The first-order valence-corrected chi connectivity index (χ1v) is 7.94. The predicted molar refractivity (Wildman–Crippen MR) is 85.7 cm³/mol. The second-order valence-corrected chi connectivity index (χ2v) is 6.07. The SMILES string of the molecule is CCNCc1ccc(N2CCC(C(N)=O)CC2)cc1Br. The third-order valence-corrected chi connectivity index (χ3v) is 4.60. The van der Waals surface area contributed by atoms with Gasteiger partial charge in [0.1, 0.15) is 0 Å². The van der Waals surface area contributed by atoms with Crippen molar-refractivity contribution in [2.75, 3.05) is 24.5 Å². The van der Waals surface area contributed by atoms with Gasteiger partial charge in [-0.1, -0.05) is 28.9 Å². The Hall–Kier alpha value is -1.07. The second kappa shape index (κ2) is 7.09. The Morgan fingerprint density at radius 1 is 1.45 bits per heavy atom. The lowest BCUT2D eigenvalue weighted by Crippen LogP contribution is -2.38. The monoisotopic (exact) mass is 339 g/mol. The molecule has 1 aromatic carbocycles. The Bertz CT molecular complexity index is 470. The highest BCUT2D eigenvalue weighted by atomic mass is 79.9. The molecule has 1 amide bonds. The summed E-state index contributed by atoms with van der Waals surface area (Å²) in [6.07, 6.45) is 1.71. The minimum atomic E-state index is -0.160. The zero-order valence-corrected chi connectivity index (χ0v) is 13.4. The number of halogens is 1. The van der Waals surface area contributed by atoms with Gasteiger partial charge in [0.2, 0.25) is 5.91 Å². The summed E-state index contributed by atoms with van der Waals surface area (Å²) in [7, 11) is 0. The molecule has 0 bridgehead atoms. The number of hydrogen-bond acceptors (Lipinski definition) is 3. The number of nitrogens with one attached hydrogen (secondary N) is 1. The number of hydrogen-bond donors (Lipinski definition) is 2. The number of carbonyl (C=O) groups is 1. The number of primary amides is 1. The second-order valence-electron chi connectivity index (χ2n) is 5.22. The molecule has 0 saturated carbocycles. The molecule has 2 rings (SSSR count). The minimum absolute atomic E-state index is 0.0442. The number of amides is 1. The van der Waals surface area contributed by atoms with E-state index in [1.807, 2.05) is 0 Å². The minimum Gasteiger partial charge on any atom is -0.371 e. The van der Waals surface area contributed by atoms with Gasteiger partial charge in [-0.05, 0) is 37.1 Å². The molecular weight excluding hydrogens is 318 g/mol. The van der Waals surface area contributed by atoms with Crippen molar-refractivity contribution in [3.8, 4) is 0 Å². The zero-order chi connectivity index (χ0) is 14.5. The summed E-state index contributed by atoms with van der Waals surface area (Å²) < 4.78 is 1.13. The topological polar surface area (TPSA) is 58.4 Å². The maximum absolute atomic E-state index is 11.2. The maximum atomic E-state index is 11.2. The van der Waals surface area contributed by atoms with E-state index in [2.05, 4.69) is 51.3 Å². The molecule has 4 nitrogen and oxygen atoms in total. The van der Waals surface area contributed by atoms with Crippen LogP contribution >= 0.6 is 15.9 Å². The maximum Gasteiger partial charge on any atom is 0.220 e. The number of nitrogens with zero attached hydrogens (tertiary/aromatic N) is 1. The van der Waals surface area contributed by atoms with E-state index < -0.39 is 0 Å². The average molecular weight is 340 g/mol. The predicted octanol–water partition coefficient (Wildman–Crippen LogP) is 2.26. The number of carbonyl (C=O) groups excluding carboxylic acids is 1. The lowest BCUT2D eigenvalue weighted by molar-refractivity contribution is -0.122. The van der Waals surface area contributed by atoms with E-state index in [1.54, 1.807) is 0 Å². The number of anilines is 1. The molecule has 1 aliphatic rings. The Morgan fingerprint density at radius 2 is 2.15 bits per heavy atom. The van der Waals surface area contributed by atoms with Crippen molar-refractivity contribution in [3.63, 3.8) is 0 Å². The van der Waals surface area contributed by atoms with E-state index in [9.17, 15) is 4.79 Å². The van der Waals surface area contributed by atoms with E-state index in [1.165, 1.54) is 11.3 Å². The Balaban J connectivity index is 2.00. The van der Waals surface area contributed by atoms with Crippen molar-refractivity contribution in [3.05, 3.63) is 28.2 Å². The molecular formula is C15H22BrN3O. The average Bonchev–Trinajstić information content (AvgIpc) is 2.46. The van der Waals surface area contributed by atoms with Crippen LogP contribution in [0.4, 0.5) is 5.69 Å². The smallest absolute Gasteiger partial charge is 0.220 e. The molecule has 1 heterocycles. The van der Waals surface area contributed by atoms with Crippen LogP contribution in [-0.2, 0) is 11.3 Å². The van der Waals surface area contributed by atoms with Crippen LogP contribution in [0.25, 0.3) is 0 Å². The van der Waals surface area contributed by atoms with Crippen LogP contribution in [-0.4, -0.2) is 25.5 Å². The standard InChI is InChI=1S/C15H22BrN3O/c1-2-18-10-12-3-4-13(9-14(12)16)19-7-5-11(6-8-19)15(17)20/h3-4,9,11,18H,2,5-8,10H2,1H3,(H2,17,20). The molecule has 20 heavy (non-hydrogen) atoms. The molecule has 0 radical (unpaired) electrons. The molecule has 0 unspecified atom stereocenters. The normalized spacial score (nSPS) is 16.4. The summed E-state index contributed by atoms with van der Waals surface area (Å²) in [5.74, 6) is -0.116. The van der Waals surface area contributed by atoms with Crippen molar-refractivity contribution >= 4 is 27.5 Å². The lowest BCUT2D eigenvalue weighted by Gasteiger charge is -2.32.